The van der Waals surface area contributed by atoms with Gasteiger partial charge in [0.1, 0.15) is 11.6 Å². The van der Waals surface area contributed by atoms with Crippen LogP contribution >= 0.6 is 0 Å². The highest BCUT2D eigenvalue weighted by Crippen LogP contribution is 2.25. The minimum absolute atomic E-state index is 0.271. The van der Waals surface area contributed by atoms with Gasteiger partial charge >= 0.3 is 0 Å². The van der Waals surface area contributed by atoms with E-state index in [2.05, 4.69) is 54.0 Å². The van der Waals surface area contributed by atoms with E-state index in [0.29, 0.717) is 0 Å². The van der Waals surface area contributed by atoms with Crippen LogP contribution in [0.2, 0.25) is 0 Å². The largest absolute Gasteiger partial charge is 0.357 e. The fourth-order valence-corrected chi connectivity index (χ4v) is 2.82. The lowest BCUT2D eigenvalue weighted by Crippen LogP contribution is -2.25. The maximum atomic E-state index is 4.79. The lowest BCUT2D eigenvalue weighted by atomic mass is 10.2. The van der Waals surface area contributed by atoms with Crippen LogP contribution in [-0.4, -0.2) is 43.1 Å². The van der Waals surface area contributed by atoms with Crippen LogP contribution in [0.25, 0.3) is 11.0 Å². The second kappa shape index (κ2) is 6.22. The molecule has 7 nitrogen and oxygen atoms in total. The number of rotatable bonds is 5. The Kier molecular flexibility index (Phi) is 4.26. The fraction of sp³-hybridized carbons (Fsp3) is 0.529. The van der Waals surface area contributed by atoms with Gasteiger partial charge in [0.05, 0.1) is 23.8 Å². The molecule has 3 rings (SSSR count). The molecule has 0 radical (unpaired) electrons. The Morgan fingerprint density at radius 3 is 2.58 bits per heavy atom. The summed E-state index contributed by atoms with van der Waals surface area (Å²) in [6, 6.07) is 2.10. The zero-order valence-corrected chi connectivity index (χ0v) is 15.3. The van der Waals surface area contributed by atoms with Crippen molar-refractivity contribution in [3.63, 3.8) is 0 Å². The average Bonchev–Trinajstić information content (AvgIpc) is 3.06. The van der Waals surface area contributed by atoms with Gasteiger partial charge in [0.15, 0.2) is 5.65 Å². The van der Waals surface area contributed by atoms with Crippen molar-refractivity contribution < 1.29 is 0 Å². The van der Waals surface area contributed by atoms with E-state index in [1.165, 1.54) is 5.69 Å². The molecule has 3 aromatic rings. The average molecular weight is 327 g/mol. The van der Waals surface area contributed by atoms with Crippen LogP contribution in [0.1, 0.15) is 37.0 Å². The van der Waals surface area contributed by atoms with E-state index in [4.69, 9.17) is 4.98 Å². The standard InChI is InChI=1S/C17H25N7/c1-11(2)15-19-16(14-10-18-23(6)17(14)20-15)22(5)7-8-24-13(4)9-12(3)21-24/h9-11H,7-8H2,1-6H3. The first-order chi connectivity index (χ1) is 11.4. The van der Waals surface area contributed by atoms with Gasteiger partial charge in [-0.25, -0.2) is 9.97 Å². The van der Waals surface area contributed by atoms with Gasteiger partial charge in [-0.15, -0.1) is 0 Å². The molecule has 128 valence electrons. The molecule has 0 aromatic carbocycles. The van der Waals surface area contributed by atoms with Crippen molar-refractivity contribution in [2.75, 3.05) is 18.5 Å². The summed E-state index contributed by atoms with van der Waals surface area (Å²) in [6.45, 7) is 9.96. The highest BCUT2D eigenvalue weighted by atomic mass is 15.3. The number of aromatic nitrogens is 6. The minimum atomic E-state index is 0.271. The highest BCUT2D eigenvalue weighted by molar-refractivity contribution is 5.86. The Labute approximate surface area is 142 Å². The van der Waals surface area contributed by atoms with E-state index in [9.17, 15) is 0 Å². The van der Waals surface area contributed by atoms with Crippen molar-refractivity contribution in [1.29, 1.82) is 0 Å². The number of aryl methyl sites for hydroxylation is 3. The molecular formula is C17H25N7. The summed E-state index contributed by atoms with van der Waals surface area (Å²) in [4.78, 5) is 11.6. The molecule has 0 saturated carbocycles. The van der Waals surface area contributed by atoms with Crippen molar-refractivity contribution in [3.8, 4) is 0 Å². The van der Waals surface area contributed by atoms with Crippen LogP contribution in [0.4, 0.5) is 5.82 Å². The molecule has 0 aliphatic rings. The van der Waals surface area contributed by atoms with Gasteiger partial charge in [-0.2, -0.15) is 10.2 Å². The summed E-state index contributed by atoms with van der Waals surface area (Å²) in [5.74, 6) is 2.05. The van der Waals surface area contributed by atoms with Crippen LogP contribution < -0.4 is 4.90 Å². The Bertz CT molecular complexity index is 859. The van der Waals surface area contributed by atoms with Crippen molar-refractivity contribution in [2.45, 2.75) is 40.2 Å². The second-order valence-corrected chi connectivity index (χ2v) is 6.64. The summed E-state index contributed by atoms with van der Waals surface area (Å²) < 4.78 is 3.85. The molecule has 0 N–H and O–H groups in total. The fourth-order valence-electron chi connectivity index (χ4n) is 2.82. The third kappa shape index (κ3) is 2.98. The first-order valence-electron chi connectivity index (χ1n) is 8.28. The van der Waals surface area contributed by atoms with Gasteiger partial charge in [-0.3, -0.25) is 9.36 Å². The number of anilines is 1. The van der Waals surface area contributed by atoms with Gasteiger partial charge in [-0.1, -0.05) is 13.8 Å². The summed E-state index contributed by atoms with van der Waals surface area (Å²) in [5.41, 5.74) is 3.11. The van der Waals surface area contributed by atoms with Crippen LogP contribution in [-0.2, 0) is 13.6 Å². The Hall–Kier alpha value is -2.44. The lowest BCUT2D eigenvalue weighted by molar-refractivity contribution is 0.590. The van der Waals surface area contributed by atoms with Crippen molar-refractivity contribution >= 4 is 16.9 Å². The molecule has 0 saturated heterocycles. The topological polar surface area (TPSA) is 64.7 Å². The second-order valence-electron chi connectivity index (χ2n) is 6.64. The number of nitrogens with zero attached hydrogens (tertiary/aromatic N) is 7. The maximum absolute atomic E-state index is 4.79. The molecule has 24 heavy (non-hydrogen) atoms. The predicted molar refractivity (Wildman–Crippen MR) is 95.4 cm³/mol. The van der Waals surface area contributed by atoms with E-state index in [0.717, 1.165) is 41.5 Å². The zero-order valence-electron chi connectivity index (χ0n) is 15.3. The molecule has 0 bridgehead atoms. The Morgan fingerprint density at radius 2 is 1.96 bits per heavy atom. The van der Waals surface area contributed by atoms with Gasteiger partial charge in [-0.05, 0) is 19.9 Å². The third-order valence-electron chi connectivity index (χ3n) is 4.22. The Balaban J connectivity index is 1.91. The molecule has 0 aliphatic heterocycles. The maximum Gasteiger partial charge on any atom is 0.163 e. The predicted octanol–water partition coefficient (Wildman–Crippen LogP) is 2.44. The first kappa shape index (κ1) is 16.4. The van der Waals surface area contributed by atoms with Crippen LogP contribution in [0.3, 0.4) is 0 Å². The summed E-state index contributed by atoms with van der Waals surface area (Å²) in [5, 5.41) is 9.86. The summed E-state index contributed by atoms with van der Waals surface area (Å²) in [6.07, 6.45) is 1.84. The smallest absolute Gasteiger partial charge is 0.163 e. The van der Waals surface area contributed by atoms with Crippen LogP contribution in [0, 0.1) is 13.8 Å². The zero-order chi connectivity index (χ0) is 17.4. The van der Waals surface area contributed by atoms with Crippen LogP contribution in [0.15, 0.2) is 12.3 Å². The van der Waals surface area contributed by atoms with Crippen molar-refractivity contribution in [1.82, 2.24) is 29.5 Å². The van der Waals surface area contributed by atoms with E-state index in [1.807, 2.05) is 24.9 Å². The molecule has 0 spiro atoms. The van der Waals surface area contributed by atoms with Gasteiger partial charge in [0.25, 0.3) is 0 Å². The normalized spacial score (nSPS) is 11.6. The molecule has 7 heteroatoms. The van der Waals surface area contributed by atoms with Crippen molar-refractivity contribution in [3.05, 3.63) is 29.5 Å². The molecule has 3 aromatic heterocycles. The molecule has 0 fully saturated rings. The minimum Gasteiger partial charge on any atom is -0.357 e. The van der Waals surface area contributed by atoms with E-state index in [1.54, 1.807) is 4.68 Å². The molecule has 3 heterocycles. The van der Waals surface area contributed by atoms with Crippen LogP contribution in [0.5, 0.6) is 0 Å². The molecule has 0 atom stereocenters. The first-order valence-corrected chi connectivity index (χ1v) is 8.28. The summed E-state index contributed by atoms with van der Waals surface area (Å²) >= 11 is 0. The van der Waals surface area contributed by atoms with Gasteiger partial charge in [0.2, 0.25) is 0 Å². The monoisotopic (exact) mass is 327 g/mol. The molecule has 0 unspecified atom stereocenters. The highest BCUT2D eigenvalue weighted by Gasteiger charge is 2.16. The molecule has 0 amide bonds. The molecule has 0 aliphatic carbocycles. The number of hydrogen-bond acceptors (Lipinski definition) is 5. The third-order valence-corrected chi connectivity index (χ3v) is 4.22. The van der Waals surface area contributed by atoms with E-state index in [-0.39, 0.29) is 5.92 Å². The van der Waals surface area contributed by atoms with Crippen molar-refractivity contribution in [2.24, 2.45) is 7.05 Å². The van der Waals surface area contributed by atoms with E-state index >= 15 is 0 Å². The quantitative estimate of drug-likeness (QED) is 0.720. The number of hydrogen-bond donors (Lipinski definition) is 0. The molecular weight excluding hydrogens is 302 g/mol. The van der Waals surface area contributed by atoms with Gasteiger partial charge in [0, 0.05) is 32.3 Å². The van der Waals surface area contributed by atoms with E-state index < -0.39 is 0 Å². The Morgan fingerprint density at radius 1 is 1.21 bits per heavy atom. The lowest BCUT2D eigenvalue weighted by Gasteiger charge is -2.20. The van der Waals surface area contributed by atoms with Gasteiger partial charge < -0.3 is 4.90 Å². The number of likely N-dealkylation sites (N-methyl/N-ethyl adjacent to an activating group) is 1. The summed E-state index contributed by atoms with van der Waals surface area (Å²) in [7, 11) is 3.98. The number of fused-ring (bicyclic) bond motifs is 1. The SMILES string of the molecule is Cc1cc(C)n(CCN(C)c2nc(C(C)C)nc3c2cnn3C)n1.